The molecule has 1 atom stereocenters. The van der Waals surface area contributed by atoms with Crippen molar-refractivity contribution in [2.24, 2.45) is 7.05 Å². The molecule has 0 saturated carbocycles. The van der Waals surface area contributed by atoms with Gasteiger partial charge >= 0.3 is 0 Å². The molecule has 3 rings (SSSR count). The highest BCUT2D eigenvalue weighted by Crippen LogP contribution is 2.36. The van der Waals surface area contributed by atoms with Gasteiger partial charge in [-0.3, -0.25) is 0 Å². The van der Waals surface area contributed by atoms with E-state index in [0.717, 1.165) is 12.0 Å². The molecule has 1 unspecified atom stereocenters. The lowest BCUT2D eigenvalue weighted by Gasteiger charge is -2.32. The second-order valence-electron chi connectivity index (χ2n) is 5.28. The van der Waals surface area contributed by atoms with E-state index in [1.165, 1.54) is 4.88 Å². The van der Waals surface area contributed by atoms with Crippen molar-refractivity contribution in [2.45, 2.75) is 30.9 Å². The summed E-state index contributed by atoms with van der Waals surface area (Å²) < 4.78 is 28.9. The number of aromatic nitrogens is 1. The van der Waals surface area contributed by atoms with Crippen molar-refractivity contribution < 1.29 is 13.5 Å². The summed E-state index contributed by atoms with van der Waals surface area (Å²) in [5.41, 5.74) is 1.70. The summed E-state index contributed by atoms with van der Waals surface area (Å²) in [6.45, 7) is 2.26. The molecule has 0 fully saturated rings. The van der Waals surface area contributed by atoms with E-state index in [4.69, 9.17) is 0 Å². The Morgan fingerprint density at radius 3 is 2.90 bits per heavy atom. The van der Waals surface area contributed by atoms with Crippen LogP contribution in [-0.4, -0.2) is 28.9 Å². The van der Waals surface area contributed by atoms with Crippen molar-refractivity contribution in [3.63, 3.8) is 0 Å². The first-order valence-corrected chi connectivity index (χ1v) is 9.11. The van der Waals surface area contributed by atoms with Crippen LogP contribution in [0.15, 0.2) is 28.6 Å². The average Bonchev–Trinajstić information content (AvgIpc) is 3.05. The maximum absolute atomic E-state index is 12.8. The second-order valence-corrected chi connectivity index (χ2v) is 8.17. The van der Waals surface area contributed by atoms with E-state index < -0.39 is 10.0 Å². The topological polar surface area (TPSA) is 62.5 Å². The van der Waals surface area contributed by atoms with Crippen LogP contribution in [0.2, 0.25) is 0 Å². The number of thiophene rings is 1. The van der Waals surface area contributed by atoms with Crippen LogP contribution >= 0.6 is 11.3 Å². The Balaban J connectivity index is 1.99. The summed E-state index contributed by atoms with van der Waals surface area (Å²) in [6.07, 6.45) is 2.33. The van der Waals surface area contributed by atoms with Crippen molar-refractivity contribution in [1.82, 2.24) is 8.87 Å². The monoisotopic (exact) mass is 326 g/mol. The molecule has 0 bridgehead atoms. The predicted molar refractivity (Wildman–Crippen MR) is 81.7 cm³/mol. The summed E-state index contributed by atoms with van der Waals surface area (Å²) in [4.78, 5) is 1.53. The van der Waals surface area contributed by atoms with Crippen LogP contribution < -0.4 is 0 Å². The Labute approximate surface area is 128 Å². The van der Waals surface area contributed by atoms with Gasteiger partial charge in [-0.25, -0.2) is 8.42 Å². The molecule has 0 aliphatic carbocycles. The first kappa shape index (κ1) is 14.8. The molecule has 1 N–H and O–H groups in total. The summed E-state index contributed by atoms with van der Waals surface area (Å²) in [7, 11) is -1.80. The molecule has 21 heavy (non-hydrogen) atoms. The van der Waals surface area contributed by atoms with E-state index in [1.807, 2.05) is 18.4 Å². The molecule has 114 valence electrons. The number of fused-ring (bicyclic) bond motifs is 1. The van der Waals surface area contributed by atoms with Gasteiger partial charge in [-0.1, -0.05) is 0 Å². The molecular formula is C14H18N2O3S2. The highest BCUT2D eigenvalue weighted by Gasteiger charge is 2.35. The smallest absolute Gasteiger partial charge is 0.245 e. The van der Waals surface area contributed by atoms with E-state index in [2.05, 4.69) is 0 Å². The van der Waals surface area contributed by atoms with E-state index >= 15 is 0 Å². The quantitative estimate of drug-likeness (QED) is 0.937. The second kappa shape index (κ2) is 5.24. The van der Waals surface area contributed by atoms with Gasteiger partial charge < -0.3 is 9.67 Å². The molecule has 2 aromatic rings. The van der Waals surface area contributed by atoms with Crippen LogP contribution in [0.5, 0.6) is 0 Å². The average molecular weight is 326 g/mol. The van der Waals surface area contributed by atoms with E-state index in [0.29, 0.717) is 12.2 Å². The first-order chi connectivity index (χ1) is 9.95. The van der Waals surface area contributed by atoms with Gasteiger partial charge in [0.1, 0.15) is 4.90 Å². The lowest BCUT2D eigenvalue weighted by Crippen LogP contribution is -2.38. The van der Waals surface area contributed by atoms with Crippen molar-refractivity contribution in [3.05, 3.63) is 39.8 Å². The Morgan fingerprint density at radius 1 is 1.48 bits per heavy atom. The standard InChI is InChI=1S/C14H18N2O3S2/c1-10-13-4-6-20-14(13)3-5-16(10)21(18,19)12-7-11(9-17)15(2)8-12/h4,6-8,10,17H,3,5,9H2,1-2H3. The van der Waals surface area contributed by atoms with Crippen molar-refractivity contribution in [2.75, 3.05) is 6.54 Å². The number of aryl methyl sites for hydroxylation is 1. The van der Waals surface area contributed by atoms with Crippen LogP contribution in [0.25, 0.3) is 0 Å². The number of aliphatic hydroxyl groups excluding tert-OH is 1. The fourth-order valence-electron chi connectivity index (χ4n) is 2.83. The van der Waals surface area contributed by atoms with Crippen molar-refractivity contribution in [1.29, 1.82) is 0 Å². The maximum Gasteiger partial charge on any atom is 0.245 e. The third kappa shape index (κ3) is 2.34. The number of nitrogens with zero attached hydrogens (tertiary/aromatic N) is 2. The van der Waals surface area contributed by atoms with Gasteiger partial charge in [0.2, 0.25) is 10.0 Å². The van der Waals surface area contributed by atoms with E-state index in [-0.39, 0.29) is 17.5 Å². The number of rotatable bonds is 3. The number of hydrogen-bond donors (Lipinski definition) is 1. The fraction of sp³-hybridized carbons (Fsp3) is 0.429. The molecule has 0 radical (unpaired) electrons. The fourth-order valence-corrected chi connectivity index (χ4v) is 5.50. The molecule has 5 nitrogen and oxygen atoms in total. The zero-order valence-electron chi connectivity index (χ0n) is 12.0. The Bertz CT molecular complexity index is 761. The lowest BCUT2D eigenvalue weighted by atomic mass is 10.0. The third-order valence-corrected chi connectivity index (χ3v) is 7.00. The van der Waals surface area contributed by atoms with Crippen LogP contribution in [0.1, 0.15) is 29.1 Å². The predicted octanol–water partition coefficient (Wildman–Crippen LogP) is 1.89. The number of hydrogen-bond acceptors (Lipinski definition) is 4. The van der Waals surface area contributed by atoms with Crippen molar-refractivity contribution >= 4 is 21.4 Å². The summed E-state index contributed by atoms with van der Waals surface area (Å²) in [5.74, 6) is 0. The minimum Gasteiger partial charge on any atom is -0.390 e. The molecule has 0 aromatic carbocycles. The lowest BCUT2D eigenvalue weighted by molar-refractivity contribution is 0.272. The van der Waals surface area contributed by atoms with Gasteiger partial charge in [-0.2, -0.15) is 4.31 Å². The molecule has 0 spiro atoms. The Hall–Kier alpha value is -1.15. The molecule has 3 heterocycles. The highest BCUT2D eigenvalue weighted by atomic mass is 32.2. The zero-order valence-corrected chi connectivity index (χ0v) is 13.6. The summed E-state index contributed by atoms with van der Waals surface area (Å²) in [5, 5.41) is 11.3. The molecule has 1 aliphatic heterocycles. The van der Waals surface area contributed by atoms with Crippen molar-refractivity contribution in [3.8, 4) is 0 Å². The largest absolute Gasteiger partial charge is 0.390 e. The highest BCUT2D eigenvalue weighted by molar-refractivity contribution is 7.89. The minimum atomic E-state index is -3.54. The van der Waals surface area contributed by atoms with Crippen LogP contribution in [0.4, 0.5) is 0 Å². The van der Waals surface area contributed by atoms with Gasteiger partial charge in [0.15, 0.2) is 0 Å². The maximum atomic E-state index is 12.8. The molecule has 7 heteroatoms. The minimum absolute atomic E-state index is 0.150. The van der Waals surface area contributed by atoms with Gasteiger partial charge in [0.05, 0.1) is 6.61 Å². The molecule has 1 aliphatic rings. The Morgan fingerprint density at radius 2 is 2.24 bits per heavy atom. The van der Waals surface area contributed by atoms with Crippen LogP contribution in [0, 0.1) is 0 Å². The van der Waals surface area contributed by atoms with Gasteiger partial charge in [-0.05, 0) is 36.4 Å². The van der Waals surface area contributed by atoms with Crippen LogP contribution in [-0.2, 0) is 30.1 Å². The molecule has 2 aromatic heterocycles. The van der Waals surface area contributed by atoms with Crippen LogP contribution in [0.3, 0.4) is 0 Å². The molecule has 0 amide bonds. The number of sulfonamides is 1. The normalized spacial score (nSPS) is 19.7. The molecular weight excluding hydrogens is 308 g/mol. The Kier molecular flexibility index (Phi) is 3.69. The zero-order chi connectivity index (χ0) is 15.2. The third-order valence-electron chi connectivity index (χ3n) is 4.07. The molecule has 0 saturated heterocycles. The number of aliphatic hydroxyl groups is 1. The van der Waals surface area contributed by atoms with Gasteiger partial charge in [0.25, 0.3) is 0 Å². The van der Waals surface area contributed by atoms with E-state index in [1.54, 1.807) is 39.5 Å². The van der Waals surface area contributed by atoms with E-state index in [9.17, 15) is 13.5 Å². The van der Waals surface area contributed by atoms with Gasteiger partial charge in [-0.15, -0.1) is 11.3 Å². The first-order valence-electron chi connectivity index (χ1n) is 6.79. The summed E-state index contributed by atoms with van der Waals surface area (Å²) in [6, 6.07) is 3.41. The summed E-state index contributed by atoms with van der Waals surface area (Å²) >= 11 is 1.69. The SMILES string of the molecule is CC1c2ccsc2CCN1S(=O)(=O)c1cc(CO)n(C)c1. The van der Waals surface area contributed by atoms with Gasteiger partial charge in [0, 0.05) is 36.4 Å².